The van der Waals surface area contributed by atoms with E-state index in [-0.39, 0.29) is 0 Å². The number of hydrogen-bond acceptors (Lipinski definition) is 7. The first-order valence-electron chi connectivity index (χ1n) is 10.1. The molecule has 1 aromatic heterocycles. The largest absolute Gasteiger partial charge is 0.383 e. The van der Waals surface area contributed by atoms with Crippen LogP contribution in [0.2, 0.25) is 0 Å². The number of nitrogens with zero attached hydrogens (tertiary/aromatic N) is 3. The van der Waals surface area contributed by atoms with Crippen molar-refractivity contribution in [1.82, 2.24) is 15.2 Å². The minimum Gasteiger partial charge on any atom is -0.383 e. The number of guanidine groups is 1. The number of aliphatic imine (C=N–C) groups is 1. The molecule has 2 aromatic rings. The van der Waals surface area contributed by atoms with Crippen molar-refractivity contribution in [1.29, 1.82) is 0 Å². The van der Waals surface area contributed by atoms with Crippen molar-refractivity contribution in [2.75, 3.05) is 32.5 Å². The van der Waals surface area contributed by atoms with Crippen LogP contribution in [0.1, 0.15) is 33.8 Å². The van der Waals surface area contributed by atoms with E-state index in [0.717, 1.165) is 60.1 Å². The van der Waals surface area contributed by atoms with E-state index in [1.807, 2.05) is 36.7 Å². The second-order valence-electron chi connectivity index (χ2n) is 7.57. The maximum Gasteiger partial charge on any atom is 0.195 e. The van der Waals surface area contributed by atoms with E-state index in [2.05, 4.69) is 41.6 Å². The predicted molar refractivity (Wildman–Crippen MR) is 126 cm³/mol. The third-order valence-corrected chi connectivity index (χ3v) is 5.67. The number of thiazole rings is 1. The topological polar surface area (TPSA) is 69.6 Å². The lowest BCUT2D eigenvalue weighted by Crippen LogP contribution is -2.35. The van der Waals surface area contributed by atoms with Gasteiger partial charge in [-0.3, -0.25) is 9.79 Å². The van der Waals surface area contributed by atoms with E-state index in [0.29, 0.717) is 0 Å². The lowest BCUT2D eigenvalue weighted by atomic mass is 10.0. The molecular weight excluding hydrogens is 394 g/mol. The van der Waals surface area contributed by atoms with Crippen LogP contribution in [0.3, 0.4) is 0 Å². The van der Waals surface area contributed by atoms with Crippen molar-refractivity contribution in [2.24, 2.45) is 4.99 Å². The number of nitrogens with one attached hydrogen (secondary N) is 2. The molecule has 0 radical (unpaired) electrons. The van der Waals surface area contributed by atoms with Gasteiger partial charge in [-0.25, -0.2) is 4.98 Å². The average molecular weight is 424 g/mol. The Labute approximate surface area is 182 Å². The van der Waals surface area contributed by atoms with Gasteiger partial charge in [0.15, 0.2) is 5.96 Å². The minimum atomic E-state index is 0.766. The highest BCUT2D eigenvalue weighted by Crippen LogP contribution is 2.26. The van der Waals surface area contributed by atoms with E-state index in [1.54, 1.807) is 17.4 Å². The van der Waals surface area contributed by atoms with Crippen LogP contribution >= 0.6 is 11.3 Å². The molecule has 0 fully saturated rings. The summed E-state index contributed by atoms with van der Waals surface area (Å²) in [7, 11) is 3.89. The van der Waals surface area contributed by atoms with E-state index in [1.165, 1.54) is 16.7 Å². The third kappa shape index (κ3) is 5.79. The van der Waals surface area contributed by atoms with Gasteiger partial charge < -0.3 is 15.5 Å². The summed E-state index contributed by atoms with van der Waals surface area (Å²) in [6, 6.07) is 4.39. The van der Waals surface area contributed by atoms with Crippen LogP contribution in [0.15, 0.2) is 40.9 Å². The van der Waals surface area contributed by atoms with Gasteiger partial charge in [0.1, 0.15) is 6.29 Å². The SMILES string of the molecule is Cc1cc(NC2=NCCCN2)c(C)cc1Cc1nc(C(/C=C\N(C)C)=C/C=O)cs1. The first kappa shape index (κ1) is 21.8. The number of aromatic nitrogens is 1. The molecule has 0 atom stereocenters. The third-order valence-electron chi connectivity index (χ3n) is 4.82. The van der Waals surface area contributed by atoms with Gasteiger partial charge in [-0.1, -0.05) is 6.07 Å². The van der Waals surface area contributed by atoms with Gasteiger partial charge in [-0.05, 0) is 61.4 Å². The Bertz CT molecular complexity index is 987. The lowest BCUT2D eigenvalue weighted by Gasteiger charge is -2.18. The van der Waals surface area contributed by atoms with Crippen LogP contribution in [-0.2, 0) is 11.2 Å². The van der Waals surface area contributed by atoms with Crippen molar-refractivity contribution in [3.8, 4) is 0 Å². The average Bonchev–Trinajstić information content (AvgIpc) is 3.18. The first-order valence-corrected chi connectivity index (χ1v) is 10.9. The van der Waals surface area contributed by atoms with E-state index < -0.39 is 0 Å². The van der Waals surface area contributed by atoms with Crippen LogP contribution in [0, 0.1) is 13.8 Å². The Morgan fingerprint density at radius 1 is 1.30 bits per heavy atom. The molecule has 0 aliphatic carbocycles. The van der Waals surface area contributed by atoms with Crippen LogP contribution in [0.4, 0.5) is 5.69 Å². The van der Waals surface area contributed by atoms with Crippen molar-refractivity contribution < 1.29 is 4.79 Å². The quantitative estimate of drug-likeness (QED) is 0.403. The smallest absolute Gasteiger partial charge is 0.195 e. The van der Waals surface area contributed by atoms with Crippen LogP contribution < -0.4 is 10.6 Å². The molecule has 1 aliphatic heterocycles. The maximum absolute atomic E-state index is 11.0. The molecule has 30 heavy (non-hydrogen) atoms. The predicted octanol–water partition coefficient (Wildman–Crippen LogP) is 3.77. The number of anilines is 1. The van der Waals surface area contributed by atoms with E-state index in [4.69, 9.17) is 4.98 Å². The summed E-state index contributed by atoms with van der Waals surface area (Å²) in [5.74, 6) is 0.848. The number of aldehydes is 1. The molecule has 0 bridgehead atoms. The summed E-state index contributed by atoms with van der Waals surface area (Å²) in [4.78, 5) is 22.2. The highest BCUT2D eigenvalue weighted by molar-refractivity contribution is 7.09. The first-order chi connectivity index (χ1) is 14.5. The van der Waals surface area contributed by atoms with Gasteiger partial charge in [0.05, 0.1) is 10.7 Å². The Hall–Kier alpha value is -2.93. The number of carbonyl (C=O) groups is 1. The molecular formula is C23H29N5OS. The fraction of sp³-hybridized carbons (Fsp3) is 0.348. The summed E-state index contributed by atoms with van der Waals surface area (Å²) >= 11 is 1.62. The summed E-state index contributed by atoms with van der Waals surface area (Å²) < 4.78 is 0. The molecule has 1 aromatic carbocycles. The van der Waals surface area contributed by atoms with Gasteiger partial charge in [0.25, 0.3) is 0 Å². The Morgan fingerprint density at radius 2 is 2.13 bits per heavy atom. The highest BCUT2D eigenvalue weighted by Gasteiger charge is 2.11. The number of carbonyl (C=O) groups excluding carboxylic acids is 1. The summed E-state index contributed by atoms with van der Waals surface area (Å²) in [6.07, 6.45) is 8.02. The van der Waals surface area contributed by atoms with Gasteiger partial charge in [-0.2, -0.15) is 0 Å². The van der Waals surface area contributed by atoms with Gasteiger partial charge in [0, 0.05) is 50.2 Å². The van der Waals surface area contributed by atoms with Gasteiger partial charge in [0.2, 0.25) is 0 Å². The molecule has 2 heterocycles. The maximum atomic E-state index is 11.0. The van der Waals surface area contributed by atoms with Crippen molar-refractivity contribution in [3.63, 3.8) is 0 Å². The van der Waals surface area contributed by atoms with Gasteiger partial charge >= 0.3 is 0 Å². The number of aryl methyl sites for hydroxylation is 2. The Kier molecular flexibility index (Phi) is 7.41. The van der Waals surface area contributed by atoms with Crippen molar-refractivity contribution in [3.05, 3.63) is 63.3 Å². The zero-order chi connectivity index (χ0) is 21.5. The molecule has 0 saturated carbocycles. The van der Waals surface area contributed by atoms with Gasteiger partial charge in [-0.15, -0.1) is 11.3 Å². The van der Waals surface area contributed by atoms with E-state index in [9.17, 15) is 4.79 Å². The summed E-state index contributed by atoms with van der Waals surface area (Å²) in [5.41, 5.74) is 6.37. The molecule has 0 unspecified atom stereocenters. The zero-order valence-electron chi connectivity index (χ0n) is 18.0. The molecule has 0 saturated heterocycles. The summed E-state index contributed by atoms with van der Waals surface area (Å²) in [6.45, 7) is 6.06. The lowest BCUT2D eigenvalue weighted by molar-refractivity contribution is -0.104. The van der Waals surface area contributed by atoms with Crippen LogP contribution in [-0.4, -0.2) is 49.3 Å². The second kappa shape index (κ2) is 10.2. The summed E-state index contributed by atoms with van der Waals surface area (Å²) in [5, 5.41) is 9.75. The Balaban J connectivity index is 1.76. The van der Waals surface area contributed by atoms with Crippen LogP contribution in [0.5, 0.6) is 0 Å². The number of benzene rings is 1. The number of hydrogen-bond donors (Lipinski definition) is 2. The van der Waals surface area contributed by atoms with E-state index >= 15 is 0 Å². The molecule has 158 valence electrons. The monoisotopic (exact) mass is 423 g/mol. The molecule has 0 amide bonds. The molecule has 0 spiro atoms. The normalized spacial score (nSPS) is 14.4. The van der Waals surface area contributed by atoms with Crippen LogP contribution in [0.25, 0.3) is 5.57 Å². The zero-order valence-corrected chi connectivity index (χ0v) is 18.8. The molecule has 3 rings (SSSR count). The standard InChI is InChI=1S/C23H29N5OS/c1-16-13-20(27-23-24-8-5-9-25-23)17(2)12-19(16)14-22-26-21(15-30-22)18(7-11-29)6-10-28(3)4/h6-7,10-13,15H,5,8-9,14H2,1-4H3,(H2,24,25,27)/b10-6-,18-7+. The fourth-order valence-corrected chi connectivity index (χ4v) is 3.99. The van der Waals surface area contributed by atoms with Crippen molar-refractivity contribution >= 4 is 34.8 Å². The molecule has 7 heteroatoms. The molecule has 6 nitrogen and oxygen atoms in total. The molecule has 2 N–H and O–H groups in total. The Morgan fingerprint density at radius 3 is 2.83 bits per heavy atom. The minimum absolute atomic E-state index is 0.766. The number of rotatable bonds is 7. The highest BCUT2D eigenvalue weighted by atomic mass is 32.1. The fourth-order valence-electron chi connectivity index (χ4n) is 3.16. The second-order valence-corrected chi connectivity index (χ2v) is 8.51. The molecule has 1 aliphatic rings. The number of allylic oxidation sites excluding steroid dienone is 3. The van der Waals surface area contributed by atoms with Crippen molar-refractivity contribution in [2.45, 2.75) is 26.7 Å².